The van der Waals surface area contributed by atoms with Crippen LogP contribution in [0, 0.1) is 5.92 Å². The molecule has 0 N–H and O–H groups in total. The molecule has 0 aliphatic carbocycles. The lowest BCUT2D eigenvalue weighted by Gasteiger charge is -2.15. The lowest BCUT2D eigenvalue weighted by Crippen LogP contribution is -2.29. The molecule has 5 nitrogen and oxygen atoms in total. The van der Waals surface area contributed by atoms with Crippen LogP contribution in [-0.4, -0.2) is 40.3 Å². The summed E-state index contributed by atoms with van der Waals surface area (Å²) in [6, 6.07) is 11.7. The summed E-state index contributed by atoms with van der Waals surface area (Å²) < 4.78 is 7.53. The summed E-state index contributed by atoms with van der Waals surface area (Å²) >= 11 is 0. The summed E-state index contributed by atoms with van der Waals surface area (Å²) in [6.07, 6.45) is 3.87. The van der Waals surface area contributed by atoms with Gasteiger partial charge in [0.15, 0.2) is 0 Å². The van der Waals surface area contributed by atoms with Gasteiger partial charge in [-0.25, -0.2) is 0 Å². The maximum atomic E-state index is 12.4. The fraction of sp³-hybridized carbons (Fsp3) is 0.444. The topological polar surface area (TPSA) is 47.4 Å². The molecule has 1 fully saturated rings. The molecule has 5 heteroatoms. The third-order valence-corrected chi connectivity index (χ3v) is 4.29. The van der Waals surface area contributed by atoms with Gasteiger partial charge in [0.1, 0.15) is 11.4 Å². The first kappa shape index (κ1) is 15.6. The molecule has 1 amide bonds. The van der Waals surface area contributed by atoms with Crippen LogP contribution >= 0.6 is 0 Å². The Labute approximate surface area is 136 Å². The zero-order chi connectivity index (χ0) is 16.1. The highest BCUT2D eigenvalue weighted by Crippen LogP contribution is 2.21. The van der Waals surface area contributed by atoms with Gasteiger partial charge >= 0.3 is 0 Å². The highest BCUT2D eigenvalue weighted by atomic mass is 16.5. The van der Waals surface area contributed by atoms with Crippen LogP contribution in [0.2, 0.25) is 0 Å². The maximum Gasteiger partial charge on any atom is 0.274 e. The van der Waals surface area contributed by atoms with Crippen LogP contribution in [0.4, 0.5) is 0 Å². The molecule has 0 radical (unpaired) electrons. The van der Waals surface area contributed by atoms with Gasteiger partial charge in [0.2, 0.25) is 0 Å². The molecule has 122 valence electrons. The number of nitrogens with zero attached hydrogens (tertiary/aromatic N) is 3. The van der Waals surface area contributed by atoms with Crippen molar-refractivity contribution in [1.82, 2.24) is 14.7 Å². The molecular weight excluding hydrogens is 290 g/mol. The van der Waals surface area contributed by atoms with Crippen molar-refractivity contribution in [2.24, 2.45) is 5.92 Å². The molecule has 2 aromatic rings. The van der Waals surface area contributed by atoms with Gasteiger partial charge in [-0.05, 0) is 43.9 Å². The Morgan fingerprint density at radius 2 is 2.13 bits per heavy atom. The molecule has 0 bridgehead atoms. The smallest absolute Gasteiger partial charge is 0.274 e. The zero-order valence-corrected chi connectivity index (χ0v) is 13.5. The first-order valence-corrected chi connectivity index (χ1v) is 8.27. The number of aromatic nitrogens is 2. The molecule has 1 aromatic carbocycles. The number of carbonyl (C=O) groups is 1. The van der Waals surface area contributed by atoms with Gasteiger partial charge in [0.05, 0.1) is 6.61 Å². The van der Waals surface area contributed by atoms with E-state index in [1.807, 2.05) is 48.4 Å². The maximum absolute atomic E-state index is 12.4. The van der Waals surface area contributed by atoms with E-state index in [2.05, 4.69) is 5.10 Å². The van der Waals surface area contributed by atoms with Crippen LogP contribution in [0.3, 0.4) is 0 Å². The summed E-state index contributed by atoms with van der Waals surface area (Å²) in [5, 5.41) is 4.30. The van der Waals surface area contributed by atoms with Crippen LogP contribution in [-0.2, 0) is 6.54 Å². The van der Waals surface area contributed by atoms with Crippen molar-refractivity contribution < 1.29 is 9.53 Å². The standard InChI is InChI=1S/C18H23N3O2/c1-2-21-12-9-17(19-21)18(22)20-11-8-15(14-20)10-13-23-16-6-4-3-5-7-16/h3-7,9,12,15H,2,8,10-11,13-14H2,1H3/t15-/m1/s1. The number of aryl methyl sites for hydroxylation is 1. The van der Waals surface area contributed by atoms with Crippen LogP contribution in [0.25, 0.3) is 0 Å². The first-order chi connectivity index (χ1) is 11.3. The Bertz CT molecular complexity index is 639. The largest absolute Gasteiger partial charge is 0.494 e. The van der Waals surface area contributed by atoms with Gasteiger partial charge in [-0.3, -0.25) is 9.48 Å². The highest BCUT2D eigenvalue weighted by Gasteiger charge is 2.27. The lowest BCUT2D eigenvalue weighted by molar-refractivity contribution is 0.0778. The fourth-order valence-electron chi connectivity index (χ4n) is 2.93. The molecule has 0 unspecified atom stereocenters. The summed E-state index contributed by atoms with van der Waals surface area (Å²) in [5.74, 6) is 1.46. The Kier molecular flexibility index (Phi) is 4.95. The molecular formula is C18H23N3O2. The molecule has 3 rings (SSSR count). The number of para-hydroxylation sites is 1. The van der Waals surface area contributed by atoms with Crippen molar-refractivity contribution in [1.29, 1.82) is 0 Å². The molecule has 0 saturated carbocycles. The highest BCUT2D eigenvalue weighted by molar-refractivity contribution is 5.92. The molecule has 1 aromatic heterocycles. The number of ether oxygens (including phenoxy) is 1. The second-order valence-electron chi connectivity index (χ2n) is 5.91. The molecule has 2 heterocycles. The Morgan fingerprint density at radius 1 is 1.30 bits per heavy atom. The number of hydrogen-bond donors (Lipinski definition) is 0. The minimum absolute atomic E-state index is 0.0451. The summed E-state index contributed by atoms with van der Waals surface area (Å²) in [4.78, 5) is 14.3. The summed E-state index contributed by atoms with van der Waals surface area (Å²) in [7, 11) is 0. The van der Waals surface area contributed by atoms with E-state index in [1.54, 1.807) is 10.7 Å². The first-order valence-electron chi connectivity index (χ1n) is 8.27. The van der Waals surface area contributed by atoms with E-state index in [0.29, 0.717) is 18.2 Å². The second kappa shape index (κ2) is 7.31. The van der Waals surface area contributed by atoms with Gasteiger partial charge in [-0.1, -0.05) is 18.2 Å². The van der Waals surface area contributed by atoms with Gasteiger partial charge in [-0.2, -0.15) is 5.10 Å². The number of likely N-dealkylation sites (tertiary alicyclic amines) is 1. The van der Waals surface area contributed by atoms with Crippen molar-refractivity contribution in [3.63, 3.8) is 0 Å². The number of hydrogen-bond acceptors (Lipinski definition) is 3. The molecule has 23 heavy (non-hydrogen) atoms. The van der Waals surface area contributed by atoms with Crippen LogP contribution in [0.15, 0.2) is 42.6 Å². The van der Waals surface area contributed by atoms with E-state index in [4.69, 9.17) is 4.74 Å². The molecule has 0 spiro atoms. The Balaban J connectivity index is 1.45. The number of amides is 1. The van der Waals surface area contributed by atoms with Crippen molar-refractivity contribution in [3.8, 4) is 5.75 Å². The van der Waals surface area contributed by atoms with Gasteiger partial charge in [0, 0.05) is 25.8 Å². The normalized spacial score (nSPS) is 17.4. The number of rotatable bonds is 6. The summed E-state index contributed by atoms with van der Waals surface area (Å²) in [6.45, 7) is 5.11. The number of benzene rings is 1. The second-order valence-corrected chi connectivity index (χ2v) is 5.91. The van der Waals surface area contributed by atoms with E-state index >= 15 is 0 Å². The lowest BCUT2D eigenvalue weighted by atomic mass is 10.1. The van der Waals surface area contributed by atoms with E-state index in [-0.39, 0.29) is 5.91 Å². The summed E-state index contributed by atoms with van der Waals surface area (Å²) in [5.41, 5.74) is 0.549. The van der Waals surface area contributed by atoms with Gasteiger partial charge in [-0.15, -0.1) is 0 Å². The monoisotopic (exact) mass is 313 g/mol. The third-order valence-electron chi connectivity index (χ3n) is 4.29. The average molecular weight is 313 g/mol. The molecule has 1 aliphatic rings. The SMILES string of the molecule is CCn1ccc(C(=O)N2CC[C@H](CCOc3ccccc3)C2)n1. The number of carbonyl (C=O) groups excluding carboxylic acids is 1. The van der Waals surface area contributed by atoms with E-state index < -0.39 is 0 Å². The minimum atomic E-state index is 0.0451. The van der Waals surface area contributed by atoms with E-state index in [9.17, 15) is 4.79 Å². The predicted octanol–water partition coefficient (Wildman–Crippen LogP) is 2.83. The third kappa shape index (κ3) is 3.92. The van der Waals surface area contributed by atoms with Crippen LogP contribution in [0.5, 0.6) is 5.75 Å². The van der Waals surface area contributed by atoms with Crippen molar-refractivity contribution in [2.75, 3.05) is 19.7 Å². The predicted molar refractivity (Wildman–Crippen MR) is 88.5 cm³/mol. The zero-order valence-electron chi connectivity index (χ0n) is 13.5. The van der Waals surface area contributed by atoms with E-state index in [0.717, 1.165) is 38.2 Å². The van der Waals surface area contributed by atoms with Crippen molar-refractivity contribution >= 4 is 5.91 Å². The van der Waals surface area contributed by atoms with Crippen LogP contribution in [0.1, 0.15) is 30.3 Å². The molecule has 1 saturated heterocycles. The quantitative estimate of drug-likeness (QED) is 0.824. The Morgan fingerprint density at radius 3 is 2.87 bits per heavy atom. The van der Waals surface area contributed by atoms with E-state index in [1.165, 1.54) is 0 Å². The van der Waals surface area contributed by atoms with Crippen molar-refractivity contribution in [2.45, 2.75) is 26.3 Å². The van der Waals surface area contributed by atoms with Gasteiger partial charge in [0.25, 0.3) is 5.91 Å². The molecule has 1 aliphatic heterocycles. The minimum Gasteiger partial charge on any atom is -0.494 e. The van der Waals surface area contributed by atoms with Crippen LogP contribution < -0.4 is 4.74 Å². The fourth-order valence-corrected chi connectivity index (χ4v) is 2.93. The van der Waals surface area contributed by atoms with Crippen molar-refractivity contribution in [3.05, 3.63) is 48.3 Å². The Hall–Kier alpha value is -2.30. The van der Waals surface area contributed by atoms with Gasteiger partial charge < -0.3 is 9.64 Å². The average Bonchev–Trinajstić information content (AvgIpc) is 3.24. The molecule has 1 atom stereocenters.